The minimum atomic E-state index is -0.177. The van der Waals surface area contributed by atoms with E-state index in [0.29, 0.717) is 31.9 Å². The van der Waals surface area contributed by atoms with Crippen molar-refractivity contribution < 1.29 is 9.53 Å². The first-order valence-corrected chi connectivity index (χ1v) is 7.82. The fourth-order valence-corrected chi connectivity index (χ4v) is 3.15. The fraction of sp³-hybridized carbons (Fsp3) is 0.688. The lowest BCUT2D eigenvalue weighted by Gasteiger charge is -2.22. The summed E-state index contributed by atoms with van der Waals surface area (Å²) in [6, 6.07) is 2.29. The van der Waals surface area contributed by atoms with Gasteiger partial charge in [0.1, 0.15) is 0 Å². The average Bonchev–Trinajstić information content (AvgIpc) is 2.85. The molecule has 5 nitrogen and oxygen atoms in total. The number of carbonyl (C=O) groups excluding carboxylic acids is 1. The van der Waals surface area contributed by atoms with Crippen LogP contribution < -0.4 is 0 Å². The van der Waals surface area contributed by atoms with Gasteiger partial charge in [0.25, 0.3) is 0 Å². The van der Waals surface area contributed by atoms with Gasteiger partial charge in [-0.1, -0.05) is 6.92 Å². The zero-order chi connectivity index (χ0) is 15.2. The summed E-state index contributed by atoms with van der Waals surface area (Å²) in [5.74, 6) is 0.134. The van der Waals surface area contributed by atoms with Gasteiger partial charge in [-0.3, -0.25) is 9.48 Å². The highest BCUT2D eigenvalue weighted by molar-refractivity contribution is 5.69. The molecule has 0 aromatic carbocycles. The van der Waals surface area contributed by atoms with Gasteiger partial charge in [0.2, 0.25) is 0 Å². The molecule has 1 unspecified atom stereocenters. The van der Waals surface area contributed by atoms with Crippen LogP contribution in [0.5, 0.6) is 0 Å². The highest BCUT2D eigenvalue weighted by atomic mass is 16.5. The molecule has 0 aliphatic heterocycles. The quantitative estimate of drug-likeness (QED) is 0.755. The molecule has 1 aromatic rings. The molecular weight excluding hydrogens is 266 g/mol. The molecule has 0 radical (unpaired) electrons. The molecule has 1 aromatic heterocycles. The van der Waals surface area contributed by atoms with Crippen molar-refractivity contribution in [3.63, 3.8) is 0 Å². The van der Waals surface area contributed by atoms with E-state index in [1.165, 1.54) is 11.3 Å². The van der Waals surface area contributed by atoms with E-state index in [0.717, 1.165) is 31.4 Å². The summed E-state index contributed by atoms with van der Waals surface area (Å²) in [5.41, 5.74) is 3.59. The number of nitrogens with zero attached hydrogens (tertiary/aromatic N) is 3. The molecule has 5 heteroatoms. The minimum absolute atomic E-state index is 0.177. The van der Waals surface area contributed by atoms with Gasteiger partial charge in [0, 0.05) is 23.6 Å². The number of fused-ring (bicyclic) bond motifs is 1. The first-order chi connectivity index (χ1) is 10.2. The molecule has 1 atom stereocenters. The molecule has 1 aliphatic rings. The van der Waals surface area contributed by atoms with Gasteiger partial charge in [0.05, 0.1) is 31.3 Å². The Balaban J connectivity index is 2.20. The molecule has 21 heavy (non-hydrogen) atoms. The van der Waals surface area contributed by atoms with E-state index < -0.39 is 0 Å². The Morgan fingerprint density at radius 2 is 2.33 bits per heavy atom. The van der Waals surface area contributed by atoms with E-state index in [2.05, 4.69) is 18.1 Å². The second kappa shape index (κ2) is 7.26. The fourth-order valence-electron chi connectivity index (χ4n) is 3.15. The Hall–Kier alpha value is -1.83. The third-order valence-electron chi connectivity index (χ3n) is 4.05. The molecule has 0 spiro atoms. The topological polar surface area (TPSA) is 67.9 Å². The summed E-state index contributed by atoms with van der Waals surface area (Å²) >= 11 is 0. The van der Waals surface area contributed by atoms with Crippen LogP contribution in [0.25, 0.3) is 0 Å². The van der Waals surface area contributed by atoms with E-state index in [4.69, 9.17) is 10.00 Å². The van der Waals surface area contributed by atoms with Crippen LogP contribution in [0.15, 0.2) is 0 Å². The number of hydrogen-bond donors (Lipinski definition) is 0. The standard InChI is InChI=1S/C16H23N3O2/c1-3-13-16-12(8-10-17)6-5-7-14(16)19(18-13)11-9-15(20)21-4-2/h12H,3-9,11H2,1-2H3. The predicted octanol–water partition coefficient (Wildman–Crippen LogP) is 2.73. The second-order valence-electron chi connectivity index (χ2n) is 5.39. The number of aryl methyl sites for hydroxylation is 2. The molecule has 0 bridgehead atoms. The van der Waals surface area contributed by atoms with Crippen molar-refractivity contribution in [2.75, 3.05) is 6.61 Å². The van der Waals surface area contributed by atoms with E-state index in [1.54, 1.807) is 0 Å². The summed E-state index contributed by atoms with van der Waals surface area (Å²) in [5, 5.41) is 13.7. The molecule has 0 N–H and O–H groups in total. The molecule has 0 saturated carbocycles. The summed E-state index contributed by atoms with van der Waals surface area (Å²) in [6.07, 6.45) is 4.94. The lowest BCUT2D eigenvalue weighted by molar-refractivity contribution is -0.143. The predicted molar refractivity (Wildman–Crippen MR) is 78.8 cm³/mol. The maximum atomic E-state index is 11.5. The van der Waals surface area contributed by atoms with Gasteiger partial charge in [-0.05, 0) is 32.6 Å². The summed E-state index contributed by atoms with van der Waals surface area (Å²) in [7, 11) is 0. The van der Waals surface area contributed by atoms with Gasteiger partial charge in [-0.15, -0.1) is 0 Å². The average molecular weight is 289 g/mol. The number of nitriles is 1. The number of hydrogen-bond acceptors (Lipinski definition) is 4. The smallest absolute Gasteiger partial charge is 0.307 e. The van der Waals surface area contributed by atoms with Crippen LogP contribution in [0, 0.1) is 11.3 Å². The number of carbonyl (C=O) groups is 1. The van der Waals surface area contributed by atoms with Crippen molar-refractivity contribution in [3.05, 3.63) is 17.0 Å². The van der Waals surface area contributed by atoms with Gasteiger partial charge < -0.3 is 4.74 Å². The molecule has 2 rings (SSSR count). The lowest BCUT2D eigenvalue weighted by Crippen LogP contribution is -2.15. The highest BCUT2D eigenvalue weighted by Crippen LogP contribution is 2.36. The lowest BCUT2D eigenvalue weighted by atomic mass is 9.83. The normalized spacial score (nSPS) is 17.1. The number of aromatic nitrogens is 2. The van der Waals surface area contributed by atoms with Crippen LogP contribution in [0.3, 0.4) is 0 Å². The van der Waals surface area contributed by atoms with Crippen molar-refractivity contribution in [1.29, 1.82) is 5.26 Å². The number of ether oxygens (including phenoxy) is 1. The van der Waals surface area contributed by atoms with Crippen LogP contribution in [-0.4, -0.2) is 22.4 Å². The van der Waals surface area contributed by atoms with Crippen molar-refractivity contribution >= 4 is 5.97 Å². The first kappa shape index (κ1) is 15.6. The third kappa shape index (κ3) is 3.44. The maximum Gasteiger partial charge on any atom is 0.307 e. The second-order valence-corrected chi connectivity index (χ2v) is 5.39. The van der Waals surface area contributed by atoms with Gasteiger partial charge in [-0.25, -0.2) is 0 Å². The Labute approximate surface area is 125 Å². The maximum absolute atomic E-state index is 11.5. The molecular formula is C16H23N3O2. The van der Waals surface area contributed by atoms with Crippen LogP contribution in [0.2, 0.25) is 0 Å². The largest absolute Gasteiger partial charge is 0.466 e. The van der Waals surface area contributed by atoms with Crippen molar-refractivity contribution in [3.8, 4) is 6.07 Å². The first-order valence-electron chi connectivity index (χ1n) is 7.82. The summed E-state index contributed by atoms with van der Waals surface area (Å²) < 4.78 is 6.94. The van der Waals surface area contributed by atoms with E-state index >= 15 is 0 Å². The number of rotatable bonds is 6. The molecule has 114 valence electrons. The molecule has 0 amide bonds. The molecule has 0 saturated heterocycles. The van der Waals surface area contributed by atoms with Gasteiger partial charge in [-0.2, -0.15) is 10.4 Å². The third-order valence-corrected chi connectivity index (χ3v) is 4.05. The number of esters is 1. The van der Waals surface area contributed by atoms with Crippen molar-refractivity contribution in [1.82, 2.24) is 9.78 Å². The van der Waals surface area contributed by atoms with Crippen LogP contribution >= 0.6 is 0 Å². The Bertz CT molecular complexity index is 542. The summed E-state index contributed by atoms with van der Waals surface area (Å²) in [4.78, 5) is 11.5. The molecule has 1 aliphatic carbocycles. The Morgan fingerprint density at radius 3 is 3.00 bits per heavy atom. The molecule has 1 heterocycles. The SMILES string of the molecule is CCOC(=O)CCn1nc(CC)c2c1CCCC2CC#N. The van der Waals surface area contributed by atoms with Crippen LogP contribution in [0.4, 0.5) is 0 Å². The zero-order valence-corrected chi connectivity index (χ0v) is 12.9. The zero-order valence-electron chi connectivity index (χ0n) is 12.9. The van der Waals surface area contributed by atoms with E-state index in [1.807, 2.05) is 11.6 Å². The van der Waals surface area contributed by atoms with Crippen LogP contribution in [-0.2, 0) is 28.9 Å². The van der Waals surface area contributed by atoms with E-state index in [9.17, 15) is 4.79 Å². The molecule has 0 fully saturated rings. The van der Waals surface area contributed by atoms with Gasteiger partial charge >= 0.3 is 5.97 Å². The van der Waals surface area contributed by atoms with Gasteiger partial charge in [0.15, 0.2) is 0 Å². The summed E-state index contributed by atoms with van der Waals surface area (Å²) in [6.45, 7) is 4.90. The van der Waals surface area contributed by atoms with Crippen LogP contribution in [0.1, 0.15) is 62.4 Å². The monoisotopic (exact) mass is 289 g/mol. The minimum Gasteiger partial charge on any atom is -0.466 e. The highest BCUT2D eigenvalue weighted by Gasteiger charge is 2.27. The Morgan fingerprint density at radius 1 is 1.52 bits per heavy atom. The van der Waals surface area contributed by atoms with E-state index in [-0.39, 0.29) is 5.97 Å². The van der Waals surface area contributed by atoms with Crippen molar-refractivity contribution in [2.45, 2.75) is 64.8 Å². The Kier molecular flexibility index (Phi) is 5.38. The van der Waals surface area contributed by atoms with Crippen molar-refractivity contribution in [2.24, 2.45) is 0 Å².